The molecular formula is C28H33N3P2. The zero-order valence-electron chi connectivity index (χ0n) is 19.5. The van der Waals surface area contributed by atoms with Crippen LogP contribution in [0.3, 0.4) is 0 Å². The van der Waals surface area contributed by atoms with Crippen molar-refractivity contribution >= 4 is 44.1 Å². The molecule has 2 atom stereocenters. The molecule has 0 aromatic heterocycles. The normalized spacial score (nSPS) is 11.6. The van der Waals surface area contributed by atoms with Crippen LogP contribution >= 0.6 is 17.2 Å². The van der Waals surface area contributed by atoms with Gasteiger partial charge in [0, 0.05) is 5.69 Å². The lowest BCUT2D eigenvalue weighted by molar-refractivity contribution is 0.330. The first-order chi connectivity index (χ1) is 15.9. The molecule has 0 aliphatic carbocycles. The van der Waals surface area contributed by atoms with Gasteiger partial charge < -0.3 is 5.32 Å². The van der Waals surface area contributed by atoms with Crippen LogP contribution in [0.1, 0.15) is 5.56 Å². The van der Waals surface area contributed by atoms with E-state index in [-0.39, 0.29) is 6.29 Å². The highest BCUT2D eigenvalue weighted by molar-refractivity contribution is 7.79. The number of benzene rings is 4. The van der Waals surface area contributed by atoms with E-state index in [0.29, 0.717) is 0 Å². The van der Waals surface area contributed by atoms with Crippen LogP contribution < -0.4 is 32.3 Å². The predicted octanol–water partition coefficient (Wildman–Crippen LogP) is 4.16. The molecule has 0 saturated heterocycles. The first-order valence-corrected chi connectivity index (χ1v) is 12.9. The summed E-state index contributed by atoms with van der Waals surface area (Å²) in [4.78, 5) is 1.95. The molecule has 3 nitrogen and oxygen atoms in total. The van der Waals surface area contributed by atoms with E-state index in [2.05, 4.69) is 131 Å². The fourth-order valence-corrected chi connectivity index (χ4v) is 6.02. The number of rotatable bonds is 6. The minimum absolute atomic E-state index is 0.213. The van der Waals surface area contributed by atoms with Crippen LogP contribution in [-0.4, -0.2) is 25.3 Å². The van der Waals surface area contributed by atoms with Gasteiger partial charge in [-0.05, 0) is 62.3 Å². The maximum absolute atomic E-state index is 6.12. The summed E-state index contributed by atoms with van der Waals surface area (Å²) >= 11 is 0. The zero-order chi connectivity index (χ0) is 23.6. The molecule has 0 bridgehead atoms. The van der Waals surface area contributed by atoms with Crippen molar-refractivity contribution in [2.75, 3.05) is 19.4 Å². The number of nitrogens with one attached hydrogen (secondary N) is 1. The van der Waals surface area contributed by atoms with E-state index in [9.17, 15) is 0 Å². The minimum Gasteiger partial charge on any atom is -0.358 e. The van der Waals surface area contributed by atoms with Crippen LogP contribution in [0.15, 0.2) is 109 Å². The predicted molar refractivity (Wildman–Crippen MR) is 151 cm³/mol. The second-order valence-corrected chi connectivity index (χ2v) is 10.9. The summed E-state index contributed by atoms with van der Waals surface area (Å²) in [6.07, 6.45) is -0.213. The summed E-state index contributed by atoms with van der Waals surface area (Å²) in [5, 5.41) is 8.61. The highest BCUT2D eigenvalue weighted by atomic mass is 31.1. The molecule has 0 radical (unpaired) electrons. The van der Waals surface area contributed by atoms with Crippen molar-refractivity contribution in [1.29, 1.82) is 0 Å². The molecule has 4 rings (SSSR count). The average Bonchev–Trinajstić information content (AvgIpc) is 2.81. The second-order valence-electron chi connectivity index (χ2n) is 8.02. The molecular weight excluding hydrogens is 440 g/mol. The van der Waals surface area contributed by atoms with Crippen molar-refractivity contribution in [2.24, 2.45) is 5.73 Å². The molecule has 170 valence electrons. The van der Waals surface area contributed by atoms with Gasteiger partial charge in [-0.1, -0.05) is 103 Å². The highest BCUT2D eigenvalue weighted by Crippen LogP contribution is 2.33. The van der Waals surface area contributed by atoms with Gasteiger partial charge in [-0.3, -0.25) is 10.6 Å². The molecule has 4 aromatic rings. The van der Waals surface area contributed by atoms with Gasteiger partial charge in [0.15, 0.2) is 0 Å². The van der Waals surface area contributed by atoms with E-state index in [1.54, 1.807) is 0 Å². The smallest absolute Gasteiger partial charge is 0.131 e. The topological polar surface area (TPSA) is 41.3 Å². The van der Waals surface area contributed by atoms with Crippen LogP contribution in [-0.2, 0) is 0 Å². The number of hydrogen-bond acceptors (Lipinski definition) is 3. The maximum Gasteiger partial charge on any atom is 0.131 e. The van der Waals surface area contributed by atoms with Crippen molar-refractivity contribution < 1.29 is 0 Å². The number of hydrogen-bond donors (Lipinski definition) is 2. The fraction of sp³-hybridized carbons (Fsp3) is 0.143. The Kier molecular flexibility index (Phi) is 9.61. The van der Waals surface area contributed by atoms with Gasteiger partial charge in [-0.2, -0.15) is 0 Å². The van der Waals surface area contributed by atoms with Crippen molar-refractivity contribution in [3.8, 4) is 0 Å². The van der Waals surface area contributed by atoms with E-state index in [1.165, 1.54) is 26.8 Å². The van der Waals surface area contributed by atoms with E-state index < -0.39 is 7.92 Å². The fourth-order valence-electron chi connectivity index (χ4n) is 3.31. The first kappa shape index (κ1) is 25.1. The van der Waals surface area contributed by atoms with Gasteiger partial charge in [0.05, 0.1) is 0 Å². The lowest BCUT2D eigenvalue weighted by atomic mass is 10.2. The Hall–Kier alpha value is -2.54. The Balaban J connectivity index is 0.000000323. The second kappa shape index (κ2) is 12.6. The monoisotopic (exact) mass is 473 g/mol. The summed E-state index contributed by atoms with van der Waals surface area (Å²) < 4.78 is 0. The minimum atomic E-state index is -0.597. The van der Waals surface area contributed by atoms with Gasteiger partial charge in [0.2, 0.25) is 0 Å². The third kappa shape index (κ3) is 7.77. The lowest BCUT2D eigenvalue weighted by Gasteiger charge is -2.24. The summed E-state index contributed by atoms with van der Waals surface area (Å²) in [5.41, 5.74) is 8.47. The quantitative estimate of drug-likeness (QED) is 0.327. The number of nitrogens with zero attached hydrogens (tertiary/aromatic N) is 1. The first-order valence-electron chi connectivity index (χ1n) is 10.9. The molecule has 5 heteroatoms. The largest absolute Gasteiger partial charge is 0.358 e. The molecule has 3 N–H and O–H groups in total. The van der Waals surface area contributed by atoms with E-state index in [4.69, 9.17) is 5.73 Å². The van der Waals surface area contributed by atoms with Crippen molar-refractivity contribution in [1.82, 2.24) is 4.90 Å². The van der Waals surface area contributed by atoms with Gasteiger partial charge in [-0.25, -0.2) is 0 Å². The molecule has 0 fully saturated rings. The highest BCUT2D eigenvalue weighted by Gasteiger charge is 2.16. The van der Waals surface area contributed by atoms with E-state index in [0.717, 1.165) is 5.69 Å². The Morgan fingerprint density at radius 2 is 1.27 bits per heavy atom. The van der Waals surface area contributed by atoms with Crippen molar-refractivity contribution in [3.05, 3.63) is 115 Å². The van der Waals surface area contributed by atoms with Crippen LogP contribution in [0.4, 0.5) is 5.69 Å². The van der Waals surface area contributed by atoms with E-state index >= 15 is 0 Å². The number of aryl methyl sites for hydroxylation is 1. The molecule has 33 heavy (non-hydrogen) atoms. The molecule has 0 spiro atoms. The SMILES string of the molecule is CN(C)C(N)Nc1cccc(P(c2ccccc2)c2ccccc2)c1.Cc1cccc(P)c1. The maximum atomic E-state index is 6.12. The molecule has 4 aromatic carbocycles. The van der Waals surface area contributed by atoms with Crippen molar-refractivity contribution in [2.45, 2.75) is 13.2 Å². The average molecular weight is 474 g/mol. The Bertz CT molecular complexity index is 1060. The molecule has 0 amide bonds. The molecule has 0 saturated carbocycles. The van der Waals surface area contributed by atoms with Gasteiger partial charge in [0.25, 0.3) is 0 Å². The van der Waals surface area contributed by atoms with Crippen LogP contribution in [0.5, 0.6) is 0 Å². The molecule has 2 unspecified atom stereocenters. The third-order valence-electron chi connectivity index (χ3n) is 5.05. The molecule has 0 heterocycles. The van der Waals surface area contributed by atoms with E-state index in [1.807, 2.05) is 19.0 Å². The lowest BCUT2D eigenvalue weighted by Crippen LogP contribution is -2.43. The van der Waals surface area contributed by atoms with Gasteiger partial charge in [0.1, 0.15) is 6.29 Å². The zero-order valence-corrected chi connectivity index (χ0v) is 21.6. The standard InChI is InChI=1S/C21H24N3P.C7H9P/c1-24(2)21(22)23-17-10-9-15-20(16-17)25(18-11-5-3-6-12-18)19-13-7-4-8-14-19;1-6-3-2-4-7(8)5-6/h3-16,21,23H,22H2,1-2H3;2-5H,8H2,1H3. The number of anilines is 1. The summed E-state index contributed by atoms with van der Waals surface area (Å²) in [6, 6.07) is 38.3. The van der Waals surface area contributed by atoms with Gasteiger partial charge in [-0.15, -0.1) is 9.24 Å². The number of nitrogens with two attached hydrogens (primary N) is 1. The summed E-state index contributed by atoms with van der Waals surface area (Å²) in [7, 11) is 5.99. The third-order valence-corrected chi connectivity index (χ3v) is 7.83. The van der Waals surface area contributed by atoms with Gasteiger partial charge >= 0.3 is 0 Å². The Labute approximate surface area is 202 Å². The Morgan fingerprint density at radius 1 is 0.727 bits per heavy atom. The van der Waals surface area contributed by atoms with Crippen LogP contribution in [0, 0.1) is 6.92 Å². The van der Waals surface area contributed by atoms with Crippen LogP contribution in [0.25, 0.3) is 0 Å². The molecule has 0 aliphatic heterocycles. The Morgan fingerprint density at radius 3 is 1.76 bits per heavy atom. The summed E-state index contributed by atoms with van der Waals surface area (Å²) in [5.74, 6) is 0. The molecule has 0 aliphatic rings. The van der Waals surface area contributed by atoms with Crippen LogP contribution in [0.2, 0.25) is 0 Å². The summed E-state index contributed by atoms with van der Waals surface area (Å²) in [6.45, 7) is 2.09. The van der Waals surface area contributed by atoms with Crippen molar-refractivity contribution in [3.63, 3.8) is 0 Å².